The molecule has 2 aromatic rings. The summed E-state index contributed by atoms with van der Waals surface area (Å²) in [4.78, 5) is 4.44. The molecule has 2 aromatic carbocycles. The van der Waals surface area contributed by atoms with Crippen LogP contribution in [0, 0.1) is 6.92 Å². The minimum atomic E-state index is 0.512. The van der Waals surface area contributed by atoms with E-state index in [2.05, 4.69) is 30.6 Å². The molecule has 0 saturated heterocycles. The molecule has 0 amide bonds. The molecular weight excluding hydrogens is 234 g/mol. The highest BCUT2D eigenvalue weighted by Crippen LogP contribution is 2.15. The van der Waals surface area contributed by atoms with Crippen LogP contribution in [0.15, 0.2) is 66.2 Å². The summed E-state index contributed by atoms with van der Waals surface area (Å²) in [5.74, 6) is 0.827. The molecule has 0 unspecified atom stereocenters. The lowest BCUT2D eigenvalue weighted by atomic mass is 10.2. The molecule has 0 aromatic heterocycles. The summed E-state index contributed by atoms with van der Waals surface area (Å²) < 4.78 is 5.48. The minimum Gasteiger partial charge on any atom is -0.490 e. The fourth-order valence-corrected chi connectivity index (χ4v) is 1.62. The van der Waals surface area contributed by atoms with Crippen molar-refractivity contribution >= 4 is 11.9 Å². The maximum Gasteiger partial charge on any atom is 0.120 e. The predicted molar refractivity (Wildman–Crippen MR) is 80.6 cm³/mol. The van der Waals surface area contributed by atoms with Gasteiger partial charge in [-0.2, -0.15) is 0 Å². The summed E-state index contributed by atoms with van der Waals surface area (Å²) in [5.41, 5.74) is 3.20. The lowest BCUT2D eigenvalue weighted by Crippen LogP contribution is -1.93. The first-order valence-electron chi connectivity index (χ1n) is 6.22. The van der Waals surface area contributed by atoms with Gasteiger partial charge in [0.2, 0.25) is 0 Å². The van der Waals surface area contributed by atoms with E-state index in [0.717, 1.165) is 17.0 Å². The zero-order valence-electron chi connectivity index (χ0n) is 11.0. The Morgan fingerprint density at radius 3 is 2.68 bits per heavy atom. The Morgan fingerprint density at radius 2 is 1.95 bits per heavy atom. The first kappa shape index (κ1) is 13.1. The molecule has 0 aliphatic heterocycles. The Balaban J connectivity index is 2.09. The van der Waals surface area contributed by atoms with Crippen LogP contribution >= 0.6 is 0 Å². The van der Waals surface area contributed by atoms with Gasteiger partial charge >= 0.3 is 0 Å². The average molecular weight is 251 g/mol. The van der Waals surface area contributed by atoms with E-state index in [1.165, 1.54) is 5.56 Å². The third-order valence-electron chi connectivity index (χ3n) is 2.62. The maximum absolute atomic E-state index is 5.48. The largest absolute Gasteiger partial charge is 0.490 e. The molecule has 0 aliphatic rings. The molecule has 2 rings (SSSR count). The van der Waals surface area contributed by atoms with Crippen molar-refractivity contribution in [1.29, 1.82) is 0 Å². The molecule has 0 spiro atoms. The average Bonchev–Trinajstić information content (AvgIpc) is 2.45. The van der Waals surface area contributed by atoms with Crippen LogP contribution in [0.5, 0.6) is 5.75 Å². The van der Waals surface area contributed by atoms with Crippen molar-refractivity contribution in [2.75, 3.05) is 6.61 Å². The van der Waals surface area contributed by atoms with Crippen molar-refractivity contribution in [1.82, 2.24) is 0 Å². The minimum absolute atomic E-state index is 0.512. The Kier molecular flexibility index (Phi) is 4.51. The highest BCUT2D eigenvalue weighted by atomic mass is 16.5. The van der Waals surface area contributed by atoms with Gasteiger partial charge in [-0.05, 0) is 36.8 Å². The zero-order chi connectivity index (χ0) is 13.5. The second-order valence-corrected chi connectivity index (χ2v) is 4.27. The van der Waals surface area contributed by atoms with Crippen molar-refractivity contribution in [2.45, 2.75) is 6.92 Å². The number of aliphatic imine (C=N–C) groups is 1. The molecule has 96 valence electrons. The summed E-state index contributed by atoms with van der Waals surface area (Å²) in [7, 11) is 0. The maximum atomic E-state index is 5.48. The van der Waals surface area contributed by atoms with Crippen LogP contribution in [-0.2, 0) is 0 Å². The Labute approximate surface area is 114 Å². The first-order chi connectivity index (χ1) is 9.28. The van der Waals surface area contributed by atoms with Gasteiger partial charge in [-0.15, -0.1) is 0 Å². The van der Waals surface area contributed by atoms with Crippen LogP contribution in [0.25, 0.3) is 0 Å². The first-order valence-corrected chi connectivity index (χ1v) is 6.22. The van der Waals surface area contributed by atoms with Crippen LogP contribution < -0.4 is 4.74 Å². The van der Waals surface area contributed by atoms with Gasteiger partial charge in [0.1, 0.15) is 12.4 Å². The fraction of sp³-hybridized carbons (Fsp3) is 0.118. The third kappa shape index (κ3) is 4.11. The van der Waals surface area contributed by atoms with Gasteiger partial charge in [-0.3, -0.25) is 4.99 Å². The molecule has 0 bridgehead atoms. The van der Waals surface area contributed by atoms with Gasteiger partial charge in [-0.1, -0.05) is 42.5 Å². The molecule has 0 fully saturated rings. The molecular formula is C17H17NO. The molecule has 0 aliphatic carbocycles. The zero-order valence-corrected chi connectivity index (χ0v) is 11.0. The van der Waals surface area contributed by atoms with E-state index < -0.39 is 0 Å². The predicted octanol–water partition coefficient (Wildman–Crippen LogP) is 4.31. The van der Waals surface area contributed by atoms with Gasteiger partial charge in [0.05, 0.1) is 5.69 Å². The molecule has 0 N–H and O–H groups in total. The number of aryl methyl sites for hydroxylation is 1. The fourth-order valence-electron chi connectivity index (χ4n) is 1.62. The SMILES string of the molecule is C=CCOc1cccc(C=Nc2ccc(C)cc2)c1. The molecule has 19 heavy (non-hydrogen) atoms. The van der Waals surface area contributed by atoms with Crippen molar-refractivity contribution < 1.29 is 4.74 Å². The topological polar surface area (TPSA) is 21.6 Å². The normalized spacial score (nSPS) is 10.6. The quantitative estimate of drug-likeness (QED) is 0.573. The van der Waals surface area contributed by atoms with Crippen LogP contribution in [0.2, 0.25) is 0 Å². The van der Waals surface area contributed by atoms with Crippen LogP contribution in [0.4, 0.5) is 5.69 Å². The number of hydrogen-bond donors (Lipinski definition) is 0. The van der Waals surface area contributed by atoms with Gasteiger partial charge in [0.25, 0.3) is 0 Å². The number of rotatable bonds is 5. The highest BCUT2D eigenvalue weighted by Gasteiger charge is 1.94. The van der Waals surface area contributed by atoms with Crippen LogP contribution in [-0.4, -0.2) is 12.8 Å². The van der Waals surface area contributed by atoms with Crippen molar-refractivity contribution in [2.24, 2.45) is 4.99 Å². The monoisotopic (exact) mass is 251 g/mol. The highest BCUT2D eigenvalue weighted by molar-refractivity contribution is 5.82. The van der Waals surface area contributed by atoms with Gasteiger partial charge in [0.15, 0.2) is 0 Å². The molecule has 0 heterocycles. The third-order valence-corrected chi connectivity index (χ3v) is 2.62. The van der Waals surface area contributed by atoms with Crippen molar-refractivity contribution in [3.05, 3.63) is 72.3 Å². The van der Waals surface area contributed by atoms with Crippen molar-refractivity contribution in [3.8, 4) is 5.75 Å². The standard InChI is InChI=1S/C17H17NO/c1-3-11-19-17-6-4-5-15(12-17)13-18-16-9-7-14(2)8-10-16/h3-10,12-13H,1,11H2,2H3. The second-order valence-electron chi connectivity index (χ2n) is 4.27. The smallest absolute Gasteiger partial charge is 0.120 e. The van der Waals surface area contributed by atoms with Gasteiger partial charge in [0, 0.05) is 6.21 Å². The van der Waals surface area contributed by atoms with E-state index in [0.29, 0.717) is 6.61 Å². The number of hydrogen-bond acceptors (Lipinski definition) is 2. The Morgan fingerprint density at radius 1 is 1.16 bits per heavy atom. The summed E-state index contributed by atoms with van der Waals surface area (Å²) in [6, 6.07) is 15.9. The Hall–Kier alpha value is -2.35. The van der Waals surface area contributed by atoms with Crippen LogP contribution in [0.3, 0.4) is 0 Å². The molecule has 0 radical (unpaired) electrons. The Bertz CT molecular complexity index is 570. The van der Waals surface area contributed by atoms with Gasteiger partial charge < -0.3 is 4.74 Å². The van der Waals surface area contributed by atoms with E-state index in [1.807, 2.05) is 42.6 Å². The lowest BCUT2D eigenvalue weighted by Gasteiger charge is -2.03. The van der Waals surface area contributed by atoms with E-state index in [-0.39, 0.29) is 0 Å². The number of ether oxygens (including phenoxy) is 1. The second kappa shape index (κ2) is 6.55. The molecule has 2 nitrogen and oxygen atoms in total. The number of nitrogens with zero attached hydrogens (tertiary/aromatic N) is 1. The van der Waals surface area contributed by atoms with E-state index in [9.17, 15) is 0 Å². The van der Waals surface area contributed by atoms with Crippen LogP contribution in [0.1, 0.15) is 11.1 Å². The summed E-state index contributed by atoms with van der Waals surface area (Å²) in [6.07, 6.45) is 3.57. The summed E-state index contributed by atoms with van der Waals surface area (Å²) in [5, 5.41) is 0. The lowest BCUT2D eigenvalue weighted by molar-refractivity contribution is 0.363. The van der Waals surface area contributed by atoms with E-state index >= 15 is 0 Å². The van der Waals surface area contributed by atoms with Gasteiger partial charge in [-0.25, -0.2) is 0 Å². The summed E-state index contributed by atoms with van der Waals surface area (Å²) >= 11 is 0. The van der Waals surface area contributed by atoms with Crippen molar-refractivity contribution in [3.63, 3.8) is 0 Å². The molecule has 0 saturated carbocycles. The van der Waals surface area contributed by atoms with E-state index in [1.54, 1.807) is 6.08 Å². The molecule has 2 heteroatoms. The molecule has 0 atom stereocenters. The summed E-state index contributed by atoms with van der Waals surface area (Å²) in [6.45, 7) is 6.21. The van der Waals surface area contributed by atoms with E-state index in [4.69, 9.17) is 4.74 Å². The number of benzene rings is 2.